The quantitative estimate of drug-likeness (QED) is 0.160. The van der Waals surface area contributed by atoms with E-state index in [0.717, 1.165) is 56.1 Å². The normalized spacial score (nSPS) is 12.2. The average Bonchev–Trinajstić information content (AvgIpc) is 4.23. The summed E-state index contributed by atoms with van der Waals surface area (Å²) in [6, 6.07) is 88.6. The molecule has 0 aliphatic carbocycles. The lowest BCUT2D eigenvalue weighted by Gasteiger charge is -2.29. The standard InChI is InChI=1S/C66H40N4O/c1-2-14-41(15-3-1)42-26-28-43(29-27-42)67(46-34-35-54-53-20-8-13-25-63(53)71-64(54)40-46)44-30-32-45(33-31-44)68(47-36-55-49-16-4-9-21-59(49)69-60-22-10-5-17-50(60)56(37-47)65(55)69)48-38-57-51-18-6-11-23-61(51)70-62-24-12-7-19-52(62)58(39-48)66(57)70/h1-40H. The monoisotopic (exact) mass is 904 g/mol. The van der Waals surface area contributed by atoms with Crippen molar-refractivity contribution in [1.82, 2.24) is 8.80 Å². The van der Waals surface area contributed by atoms with E-state index in [9.17, 15) is 0 Å². The van der Waals surface area contributed by atoms with Gasteiger partial charge in [0.05, 0.1) is 33.1 Å². The number of para-hydroxylation sites is 5. The molecular weight excluding hydrogens is 865 g/mol. The van der Waals surface area contributed by atoms with Gasteiger partial charge in [0.1, 0.15) is 11.2 Å². The molecule has 0 fully saturated rings. The second-order valence-electron chi connectivity index (χ2n) is 18.9. The van der Waals surface area contributed by atoms with Gasteiger partial charge in [0.25, 0.3) is 0 Å². The molecule has 0 aliphatic heterocycles. The molecule has 0 unspecified atom stereocenters. The Morgan fingerprint density at radius 1 is 0.239 bits per heavy atom. The summed E-state index contributed by atoms with van der Waals surface area (Å²) >= 11 is 0. The van der Waals surface area contributed by atoms with Crippen LogP contribution < -0.4 is 9.80 Å². The second-order valence-corrected chi connectivity index (χ2v) is 18.9. The van der Waals surface area contributed by atoms with Crippen LogP contribution in [0.15, 0.2) is 247 Å². The van der Waals surface area contributed by atoms with Crippen LogP contribution in [0.3, 0.4) is 0 Å². The third kappa shape index (κ3) is 5.46. The number of furan rings is 1. The largest absolute Gasteiger partial charge is 0.456 e. The number of hydrogen-bond donors (Lipinski definition) is 0. The molecule has 0 saturated heterocycles. The summed E-state index contributed by atoms with van der Waals surface area (Å²) in [5.74, 6) is 0. The molecule has 0 aliphatic rings. The molecule has 0 amide bonds. The summed E-state index contributed by atoms with van der Waals surface area (Å²) in [6.45, 7) is 0. The first-order valence-corrected chi connectivity index (χ1v) is 24.3. The molecule has 16 aromatic rings. The molecule has 71 heavy (non-hydrogen) atoms. The predicted molar refractivity (Wildman–Crippen MR) is 298 cm³/mol. The van der Waals surface area contributed by atoms with Gasteiger partial charge in [0.15, 0.2) is 0 Å². The van der Waals surface area contributed by atoms with Crippen molar-refractivity contribution in [3.05, 3.63) is 243 Å². The van der Waals surface area contributed by atoms with Crippen molar-refractivity contribution in [3.63, 3.8) is 0 Å². The SMILES string of the molecule is c1ccc(-c2ccc(N(c3ccc(N(c4cc5c6ccccc6n6c7ccccc7c(c4)c56)c4cc5c6ccccc6n6c7ccccc7c(c4)c56)cc3)c3ccc4c(c3)oc3ccccc34)cc2)cc1. The van der Waals surface area contributed by atoms with Gasteiger partial charge in [-0.05, 0) is 114 Å². The molecule has 0 radical (unpaired) electrons. The van der Waals surface area contributed by atoms with Crippen molar-refractivity contribution in [2.24, 2.45) is 0 Å². The molecule has 5 nitrogen and oxygen atoms in total. The third-order valence-electron chi connectivity index (χ3n) is 15.1. The van der Waals surface area contributed by atoms with E-state index in [4.69, 9.17) is 4.42 Å². The van der Waals surface area contributed by atoms with Crippen LogP contribution in [0.5, 0.6) is 0 Å². The van der Waals surface area contributed by atoms with Gasteiger partial charge < -0.3 is 23.0 Å². The van der Waals surface area contributed by atoms with Gasteiger partial charge in [-0.2, -0.15) is 0 Å². The highest BCUT2D eigenvalue weighted by atomic mass is 16.3. The average molecular weight is 905 g/mol. The molecule has 5 heterocycles. The molecule has 0 spiro atoms. The van der Waals surface area contributed by atoms with Gasteiger partial charge in [0.2, 0.25) is 0 Å². The van der Waals surface area contributed by atoms with Gasteiger partial charge in [-0.25, -0.2) is 0 Å². The number of benzene rings is 11. The fourth-order valence-electron chi connectivity index (χ4n) is 12.1. The third-order valence-corrected chi connectivity index (χ3v) is 15.1. The minimum Gasteiger partial charge on any atom is -0.456 e. The van der Waals surface area contributed by atoms with E-state index in [1.54, 1.807) is 0 Å². The van der Waals surface area contributed by atoms with Gasteiger partial charge in [0, 0.05) is 94.1 Å². The smallest absolute Gasteiger partial charge is 0.137 e. The maximum absolute atomic E-state index is 6.50. The Kier molecular flexibility index (Phi) is 7.82. The minimum absolute atomic E-state index is 0.857. The number of anilines is 6. The van der Waals surface area contributed by atoms with E-state index in [-0.39, 0.29) is 0 Å². The molecule has 0 atom stereocenters. The van der Waals surface area contributed by atoms with Crippen LogP contribution in [-0.2, 0) is 0 Å². The van der Waals surface area contributed by atoms with Crippen molar-refractivity contribution in [3.8, 4) is 11.1 Å². The highest BCUT2D eigenvalue weighted by Gasteiger charge is 2.25. The first kappa shape index (κ1) is 38.4. The molecule has 5 aromatic heterocycles. The van der Waals surface area contributed by atoms with Crippen molar-refractivity contribution in [2.75, 3.05) is 9.80 Å². The van der Waals surface area contributed by atoms with Gasteiger partial charge in [-0.3, -0.25) is 0 Å². The highest BCUT2D eigenvalue weighted by Crippen LogP contribution is 2.49. The first-order valence-electron chi connectivity index (χ1n) is 24.3. The van der Waals surface area contributed by atoms with Crippen molar-refractivity contribution < 1.29 is 4.42 Å². The Bertz CT molecular complexity index is 4400. The van der Waals surface area contributed by atoms with Crippen molar-refractivity contribution >= 4 is 132 Å². The maximum Gasteiger partial charge on any atom is 0.137 e. The second kappa shape index (κ2) is 14.5. The molecule has 0 bridgehead atoms. The molecule has 11 aromatic carbocycles. The Hall–Kier alpha value is -9.58. The lowest BCUT2D eigenvalue weighted by molar-refractivity contribution is 0.669. The number of fused-ring (bicyclic) bond motifs is 15. The maximum atomic E-state index is 6.50. The fourth-order valence-corrected chi connectivity index (χ4v) is 12.1. The first-order chi connectivity index (χ1) is 35.2. The Morgan fingerprint density at radius 2 is 0.592 bits per heavy atom. The topological polar surface area (TPSA) is 28.4 Å². The van der Waals surface area contributed by atoms with E-state index in [1.165, 1.54) is 87.3 Å². The molecular formula is C66H40N4O. The van der Waals surface area contributed by atoms with Gasteiger partial charge in [-0.1, -0.05) is 133 Å². The van der Waals surface area contributed by atoms with Gasteiger partial charge >= 0.3 is 0 Å². The number of hydrogen-bond acceptors (Lipinski definition) is 3. The van der Waals surface area contributed by atoms with E-state index < -0.39 is 0 Å². The zero-order chi connectivity index (χ0) is 46.3. The van der Waals surface area contributed by atoms with Crippen molar-refractivity contribution in [2.45, 2.75) is 0 Å². The van der Waals surface area contributed by atoms with E-state index in [2.05, 4.69) is 249 Å². The van der Waals surface area contributed by atoms with Crippen LogP contribution in [0, 0.1) is 0 Å². The Morgan fingerprint density at radius 3 is 1.07 bits per heavy atom. The lowest BCUT2D eigenvalue weighted by Crippen LogP contribution is -2.12. The minimum atomic E-state index is 0.857. The van der Waals surface area contributed by atoms with Crippen LogP contribution >= 0.6 is 0 Å². The molecule has 5 heteroatoms. The predicted octanol–water partition coefficient (Wildman–Crippen LogP) is 18.5. The van der Waals surface area contributed by atoms with Crippen LogP contribution in [0.1, 0.15) is 0 Å². The summed E-state index contributed by atoms with van der Waals surface area (Å²) in [6.07, 6.45) is 0. The summed E-state index contributed by atoms with van der Waals surface area (Å²) < 4.78 is 11.4. The molecule has 0 N–H and O–H groups in total. The Labute approximate surface area is 407 Å². The summed E-state index contributed by atoms with van der Waals surface area (Å²) in [7, 11) is 0. The van der Waals surface area contributed by atoms with Crippen LogP contribution in [-0.4, -0.2) is 8.80 Å². The summed E-state index contributed by atoms with van der Waals surface area (Å²) in [5, 5.41) is 12.2. The number of nitrogens with zero attached hydrogens (tertiary/aromatic N) is 4. The highest BCUT2D eigenvalue weighted by molar-refractivity contribution is 6.26. The number of rotatable bonds is 7. The zero-order valence-electron chi connectivity index (χ0n) is 38.3. The molecule has 330 valence electrons. The molecule has 0 saturated carbocycles. The van der Waals surface area contributed by atoms with E-state index >= 15 is 0 Å². The van der Waals surface area contributed by atoms with E-state index in [1.807, 2.05) is 12.1 Å². The Balaban J connectivity index is 0.931. The van der Waals surface area contributed by atoms with E-state index in [0.29, 0.717) is 0 Å². The summed E-state index contributed by atoms with van der Waals surface area (Å²) in [5.41, 5.74) is 17.9. The van der Waals surface area contributed by atoms with Gasteiger partial charge in [-0.15, -0.1) is 0 Å². The van der Waals surface area contributed by atoms with Crippen LogP contribution in [0.25, 0.3) is 109 Å². The summed E-state index contributed by atoms with van der Waals surface area (Å²) in [4.78, 5) is 4.82. The molecule has 16 rings (SSSR count). The fraction of sp³-hybridized carbons (Fsp3) is 0. The lowest BCUT2D eigenvalue weighted by atomic mass is 10.0. The van der Waals surface area contributed by atoms with Crippen LogP contribution in [0.2, 0.25) is 0 Å². The van der Waals surface area contributed by atoms with Crippen LogP contribution in [0.4, 0.5) is 34.1 Å². The zero-order valence-corrected chi connectivity index (χ0v) is 38.3. The number of aromatic nitrogens is 2. The van der Waals surface area contributed by atoms with Crippen molar-refractivity contribution in [1.29, 1.82) is 0 Å².